The van der Waals surface area contributed by atoms with Crippen molar-refractivity contribution in [2.45, 2.75) is 44.4 Å². The summed E-state index contributed by atoms with van der Waals surface area (Å²) >= 11 is 0. The third-order valence-electron chi connectivity index (χ3n) is 3.88. The van der Waals surface area contributed by atoms with Crippen LogP contribution in [0.1, 0.15) is 36.8 Å². The van der Waals surface area contributed by atoms with Crippen molar-refractivity contribution < 1.29 is 23.1 Å². The van der Waals surface area contributed by atoms with Crippen LogP contribution in [0.5, 0.6) is 0 Å². The molecule has 1 aromatic carbocycles. The van der Waals surface area contributed by atoms with Gasteiger partial charge in [-0.3, -0.25) is 9.69 Å². The van der Waals surface area contributed by atoms with Crippen LogP contribution in [-0.4, -0.2) is 28.6 Å². The van der Waals surface area contributed by atoms with Crippen molar-refractivity contribution in [2.75, 3.05) is 6.54 Å². The van der Waals surface area contributed by atoms with E-state index in [-0.39, 0.29) is 24.7 Å². The summed E-state index contributed by atoms with van der Waals surface area (Å²) in [5.74, 6) is -1.01. The van der Waals surface area contributed by atoms with Crippen molar-refractivity contribution in [3.8, 4) is 0 Å². The minimum atomic E-state index is -4.42. The van der Waals surface area contributed by atoms with Gasteiger partial charge in [-0.2, -0.15) is 13.2 Å². The van der Waals surface area contributed by atoms with Crippen molar-refractivity contribution in [3.63, 3.8) is 0 Å². The summed E-state index contributed by atoms with van der Waals surface area (Å²) in [6.45, 7) is -0.205. The van der Waals surface area contributed by atoms with Gasteiger partial charge in [0.25, 0.3) is 0 Å². The molecule has 1 saturated carbocycles. The lowest BCUT2D eigenvalue weighted by Crippen LogP contribution is -2.37. The van der Waals surface area contributed by atoms with E-state index in [1.165, 1.54) is 12.1 Å². The maximum Gasteiger partial charge on any atom is 0.416 e. The largest absolute Gasteiger partial charge is 0.480 e. The van der Waals surface area contributed by atoms with E-state index >= 15 is 0 Å². The first-order chi connectivity index (χ1) is 9.88. The van der Waals surface area contributed by atoms with Gasteiger partial charge < -0.3 is 5.11 Å². The zero-order chi connectivity index (χ0) is 15.5. The van der Waals surface area contributed by atoms with Crippen LogP contribution in [0.25, 0.3) is 0 Å². The van der Waals surface area contributed by atoms with Gasteiger partial charge >= 0.3 is 12.1 Å². The molecule has 116 valence electrons. The zero-order valence-electron chi connectivity index (χ0n) is 11.6. The average molecular weight is 301 g/mol. The van der Waals surface area contributed by atoms with E-state index in [0.29, 0.717) is 0 Å². The molecule has 0 bridgehead atoms. The van der Waals surface area contributed by atoms with E-state index < -0.39 is 17.7 Å². The molecule has 1 aliphatic carbocycles. The van der Waals surface area contributed by atoms with Gasteiger partial charge in [0.15, 0.2) is 0 Å². The highest BCUT2D eigenvalue weighted by Gasteiger charge is 2.34. The molecule has 0 aromatic heterocycles. The molecule has 0 spiro atoms. The summed E-state index contributed by atoms with van der Waals surface area (Å²) in [6.07, 6.45) is -0.715. The first-order valence-electron chi connectivity index (χ1n) is 6.99. The lowest BCUT2D eigenvalue weighted by atomic mass is 10.1. The number of benzene rings is 1. The third kappa shape index (κ3) is 4.20. The fourth-order valence-electron chi connectivity index (χ4n) is 2.91. The summed E-state index contributed by atoms with van der Waals surface area (Å²) in [5.41, 5.74) is -0.545. The zero-order valence-corrected chi connectivity index (χ0v) is 11.6. The van der Waals surface area contributed by atoms with Crippen LogP contribution in [0.4, 0.5) is 13.2 Å². The Morgan fingerprint density at radius 2 is 1.86 bits per heavy atom. The first-order valence-corrected chi connectivity index (χ1v) is 6.99. The van der Waals surface area contributed by atoms with Crippen molar-refractivity contribution in [1.82, 2.24) is 4.90 Å². The van der Waals surface area contributed by atoms with Crippen LogP contribution in [0.15, 0.2) is 24.3 Å². The number of rotatable bonds is 5. The first kappa shape index (κ1) is 15.8. The molecule has 3 nitrogen and oxygen atoms in total. The van der Waals surface area contributed by atoms with Gasteiger partial charge in [0.1, 0.15) is 0 Å². The van der Waals surface area contributed by atoms with Crippen LogP contribution < -0.4 is 0 Å². The molecule has 1 aromatic rings. The predicted octanol–water partition coefficient (Wildman–Crippen LogP) is 3.53. The molecule has 2 rings (SSSR count). The molecular formula is C15H18F3NO2. The van der Waals surface area contributed by atoms with Crippen molar-refractivity contribution in [1.29, 1.82) is 0 Å². The quantitative estimate of drug-likeness (QED) is 0.904. The molecule has 1 N–H and O–H groups in total. The second-order valence-electron chi connectivity index (χ2n) is 5.39. The Balaban J connectivity index is 2.22. The third-order valence-corrected chi connectivity index (χ3v) is 3.88. The van der Waals surface area contributed by atoms with Gasteiger partial charge in [-0.1, -0.05) is 31.0 Å². The van der Waals surface area contributed by atoms with Gasteiger partial charge in [-0.25, -0.2) is 0 Å². The smallest absolute Gasteiger partial charge is 0.416 e. The highest BCUT2D eigenvalue weighted by Crippen LogP contribution is 2.33. The number of alkyl halides is 3. The van der Waals surface area contributed by atoms with E-state index in [4.69, 9.17) is 5.11 Å². The fraction of sp³-hybridized carbons (Fsp3) is 0.533. The van der Waals surface area contributed by atoms with Crippen LogP contribution in [0.2, 0.25) is 0 Å². The number of aliphatic carboxylic acids is 1. The van der Waals surface area contributed by atoms with Gasteiger partial charge in [-0.05, 0) is 24.5 Å². The maximum absolute atomic E-state index is 13.0. The summed E-state index contributed by atoms with van der Waals surface area (Å²) in [6, 6.07) is 5.43. The standard InChI is InChI=1S/C15H18F3NO2/c16-15(17,18)13-8-4-1-5-11(13)9-19(10-14(20)21)12-6-2-3-7-12/h1,4-5,8,12H,2-3,6-7,9-10H2,(H,20,21). The Morgan fingerprint density at radius 1 is 1.24 bits per heavy atom. The molecule has 0 amide bonds. The number of carboxylic acids is 1. The van der Waals surface area contributed by atoms with Crippen LogP contribution in [-0.2, 0) is 17.5 Å². The molecule has 0 aliphatic heterocycles. The second-order valence-corrected chi connectivity index (χ2v) is 5.39. The van der Waals surface area contributed by atoms with Crippen molar-refractivity contribution in [2.24, 2.45) is 0 Å². The Labute approximate surface area is 121 Å². The molecule has 0 unspecified atom stereocenters. The Hall–Kier alpha value is -1.56. The monoisotopic (exact) mass is 301 g/mol. The van der Waals surface area contributed by atoms with Crippen LogP contribution >= 0.6 is 0 Å². The molecule has 1 fully saturated rings. The molecular weight excluding hydrogens is 283 g/mol. The minimum Gasteiger partial charge on any atom is -0.480 e. The van der Waals surface area contributed by atoms with E-state index in [1.807, 2.05) is 0 Å². The van der Waals surface area contributed by atoms with Gasteiger partial charge in [-0.15, -0.1) is 0 Å². The molecule has 0 heterocycles. The van der Waals surface area contributed by atoms with E-state index in [0.717, 1.165) is 31.7 Å². The van der Waals surface area contributed by atoms with E-state index in [9.17, 15) is 18.0 Å². The molecule has 0 saturated heterocycles. The molecule has 21 heavy (non-hydrogen) atoms. The van der Waals surface area contributed by atoms with Crippen molar-refractivity contribution in [3.05, 3.63) is 35.4 Å². The second kappa shape index (κ2) is 6.47. The number of hydrogen-bond donors (Lipinski definition) is 1. The van der Waals surface area contributed by atoms with Crippen molar-refractivity contribution >= 4 is 5.97 Å². The normalized spacial score (nSPS) is 16.6. The Bertz CT molecular complexity index is 496. The van der Waals surface area contributed by atoms with Gasteiger partial charge in [0, 0.05) is 12.6 Å². The lowest BCUT2D eigenvalue weighted by Gasteiger charge is -2.28. The fourth-order valence-corrected chi connectivity index (χ4v) is 2.91. The van der Waals surface area contributed by atoms with Crippen LogP contribution in [0.3, 0.4) is 0 Å². The lowest BCUT2D eigenvalue weighted by molar-refractivity contribution is -0.139. The highest BCUT2D eigenvalue weighted by molar-refractivity contribution is 5.69. The number of nitrogens with zero attached hydrogens (tertiary/aromatic N) is 1. The predicted molar refractivity (Wildman–Crippen MR) is 71.7 cm³/mol. The number of carboxylic acid groups (broad SMARTS) is 1. The molecule has 0 radical (unpaired) electrons. The summed E-state index contributed by atoms with van der Waals surface area (Å²) in [4.78, 5) is 12.6. The van der Waals surface area contributed by atoms with Gasteiger partial charge in [0.2, 0.25) is 0 Å². The summed E-state index contributed by atoms with van der Waals surface area (Å²) in [5, 5.41) is 8.99. The summed E-state index contributed by atoms with van der Waals surface area (Å²) in [7, 11) is 0. The number of carbonyl (C=O) groups is 1. The SMILES string of the molecule is O=C(O)CN(Cc1ccccc1C(F)(F)F)C1CCCC1. The van der Waals surface area contributed by atoms with E-state index in [1.54, 1.807) is 11.0 Å². The molecule has 0 atom stereocenters. The Kier molecular flexibility index (Phi) is 4.88. The minimum absolute atomic E-state index is 0.0205. The Morgan fingerprint density at radius 3 is 2.43 bits per heavy atom. The highest BCUT2D eigenvalue weighted by atomic mass is 19.4. The average Bonchev–Trinajstić information content (AvgIpc) is 2.90. The maximum atomic E-state index is 13.0. The molecule has 6 heteroatoms. The summed E-state index contributed by atoms with van der Waals surface area (Å²) < 4.78 is 39.0. The van der Waals surface area contributed by atoms with Crippen LogP contribution in [0, 0.1) is 0 Å². The number of hydrogen-bond acceptors (Lipinski definition) is 2. The molecule has 1 aliphatic rings. The van der Waals surface area contributed by atoms with Gasteiger partial charge in [0.05, 0.1) is 12.1 Å². The number of halogens is 3. The van der Waals surface area contributed by atoms with E-state index in [2.05, 4.69) is 0 Å². The topological polar surface area (TPSA) is 40.5 Å².